The van der Waals surface area contributed by atoms with Crippen LogP contribution in [-0.2, 0) is 11.3 Å². The van der Waals surface area contributed by atoms with Crippen molar-refractivity contribution < 1.29 is 4.79 Å². The fraction of sp³-hybridized carbons (Fsp3) is 0.227. The van der Waals surface area contributed by atoms with E-state index in [1.165, 1.54) is 16.7 Å². The monoisotopic (exact) mass is 332 g/mol. The van der Waals surface area contributed by atoms with Crippen molar-refractivity contribution in [3.05, 3.63) is 77.0 Å². The Morgan fingerprint density at radius 3 is 2.48 bits per heavy atom. The number of carbonyl (C=O) groups is 1. The van der Waals surface area contributed by atoms with Crippen molar-refractivity contribution >= 4 is 23.7 Å². The van der Waals surface area contributed by atoms with E-state index in [1.807, 2.05) is 0 Å². The van der Waals surface area contributed by atoms with Gasteiger partial charge in [-0.2, -0.15) is 0 Å². The van der Waals surface area contributed by atoms with Gasteiger partial charge in [-0.25, -0.2) is 0 Å². The zero-order valence-electron chi connectivity index (χ0n) is 14.6. The molecule has 0 aliphatic carbocycles. The second kappa shape index (κ2) is 7.84. The number of allylic oxidation sites excluding steroid dienone is 2. The minimum absolute atomic E-state index is 0.261. The number of benzene rings is 2. The molecule has 2 aromatic carbocycles. The molecule has 0 aromatic heterocycles. The predicted molar refractivity (Wildman–Crippen MR) is 105 cm³/mol. The van der Waals surface area contributed by atoms with Gasteiger partial charge in [0.2, 0.25) is 5.91 Å². The van der Waals surface area contributed by atoms with Crippen molar-refractivity contribution in [1.82, 2.24) is 0 Å². The zero-order chi connectivity index (χ0) is 17.6. The lowest BCUT2D eigenvalue weighted by atomic mass is 9.99. The Morgan fingerprint density at radius 2 is 1.72 bits per heavy atom. The molecule has 0 saturated carbocycles. The average Bonchev–Trinajstić information content (AvgIpc) is 2.61. The summed E-state index contributed by atoms with van der Waals surface area (Å²) in [5, 5.41) is 0. The second-order valence-electron chi connectivity index (χ2n) is 6.25. The number of nitrogens with two attached hydrogens (primary N) is 1. The van der Waals surface area contributed by atoms with Gasteiger partial charge in [-0.15, -0.1) is 0 Å². The smallest absolute Gasteiger partial charge is 0.217 e. The number of anilines is 1. The van der Waals surface area contributed by atoms with Crippen LogP contribution in [0.3, 0.4) is 0 Å². The highest BCUT2D eigenvalue weighted by Crippen LogP contribution is 2.32. The van der Waals surface area contributed by atoms with E-state index in [9.17, 15) is 4.79 Å². The Hall–Kier alpha value is -2.81. The number of carbonyl (C=O) groups excluding carboxylic acids is 1. The summed E-state index contributed by atoms with van der Waals surface area (Å²) < 4.78 is 0. The third kappa shape index (κ3) is 4.00. The topological polar surface area (TPSA) is 46.3 Å². The van der Waals surface area contributed by atoms with Gasteiger partial charge in [-0.3, -0.25) is 4.79 Å². The lowest BCUT2D eigenvalue weighted by Crippen LogP contribution is -2.25. The summed E-state index contributed by atoms with van der Waals surface area (Å²) in [4.78, 5) is 13.6. The van der Waals surface area contributed by atoms with Crippen molar-refractivity contribution in [3.63, 3.8) is 0 Å². The van der Waals surface area contributed by atoms with E-state index < -0.39 is 0 Å². The van der Waals surface area contributed by atoms with E-state index in [0.717, 1.165) is 24.4 Å². The fourth-order valence-electron chi connectivity index (χ4n) is 3.24. The largest absolute Gasteiger partial charge is 0.370 e. The standard InChI is InChI=1S/C22H24N2O/c1-2-7-20(14-15-22(23)25)24-16-19-10-4-3-8-17(19)12-13-18-9-5-6-11-21(18)24/h3-13H,2,14-16H2,1H3,(H2,23,25)/b13-12-,20-7?. The first-order valence-electron chi connectivity index (χ1n) is 8.79. The molecule has 0 bridgehead atoms. The van der Waals surface area contributed by atoms with Gasteiger partial charge < -0.3 is 10.6 Å². The van der Waals surface area contributed by atoms with Crippen LogP contribution in [0.15, 0.2) is 60.3 Å². The number of hydrogen-bond donors (Lipinski definition) is 1. The van der Waals surface area contributed by atoms with E-state index in [-0.39, 0.29) is 5.91 Å². The number of para-hydroxylation sites is 1. The number of primary amides is 1. The molecule has 3 rings (SSSR count). The van der Waals surface area contributed by atoms with E-state index in [0.29, 0.717) is 12.8 Å². The lowest BCUT2D eigenvalue weighted by Gasteiger charge is -2.31. The molecule has 2 aromatic rings. The summed E-state index contributed by atoms with van der Waals surface area (Å²) in [6, 6.07) is 16.8. The van der Waals surface area contributed by atoms with Crippen LogP contribution in [0.1, 0.15) is 42.9 Å². The average molecular weight is 332 g/mol. The molecule has 1 heterocycles. The molecular formula is C22H24N2O. The summed E-state index contributed by atoms with van der Waals surface area (Å²) in [6.45, 7) is 2.90. The van der Waals surface area contributed by atoms with Crippen LogP contribution in [0.4, 0.5) is 5.69 Å². The zero-order valence-corrected chi connectivity index (χ0v) is 14.6. The van der Waals surface area contributed by atoms with Gasteiger partial charge in [0.05, 0.1) is 0 Å². The van der Waals surface area contributed by atoms with Gasteiger partial charge in [0, 0.05) is 24.4 Å². The summed E-state index contributed by atoms with van der Waals surface area (Å²) >= 11 is 0. The van der Waals surface area contributed by atoms with E-state index in [4.69, 9.17) is 5.73 Å². The minimum Gasteiger partial charge on any atom is -0.370 e. The van der Waals surface area contributed by atoms with E-state index >= 15 is 0 Å². The Balaban J connectivity index is 2.08. The SMILES string of the molecule is CCC=C(CCC(N)=O)N1Cc2ccccc2/C=C\c2ccccc21. The van der Waals surface area contributed by atoms with Gasteiger partial charge in [0.1, 0.15) is 0 Å². The van der Waals surface area contributed by atoms with Crippen molar-refractivity contribution in [2.24, 2.45) is 5.73 Å². The van der Waals surface area contributed by atoms with Crippen LogP contribution in [0, 0.1) is 0 Å². The molecule has 0 radical (unpaired) electrons. The lowest BCUT2D eigenvalue weighted by molar-refractivity contribution is -0.117. The van der Waals surface area contributed by atoms with E-state index in [1.54, 1.807) is 0 Å². The Labute approximate surface area is 149 Å². The van der Waals surface area contributed by atoms with Crippen molar-refractivity contribution in [1.29, 1.82) is 0 Å². The van der Waals surface area contributed by atoms with E-state index in [2.05, 4.69) is 78.6 Å². The number of amides is 1. The van der Waals surface area contributed by atoms with Crippen molar-refractivity contribution in [2.75, 3.05) is 4.90 Å². The van der Waals surface area contributed by atoms with Gasteiger partial charge in [-0.05, 0) is 35.6 Å². The molecular weight excluding hydrogens is 308 g/mol. The first-order valence-corrected chi connectivity index (χ1v) is 8.79. The molecule has 0 atom stereocenters. The highest BCUT2D eigenvalue weighted by atomic mass is 16.1. The maximum atomic E-state index is 11.3. The third-order valence-corrected chi connectivity index (χ3v) is 4.47. The predicted octanol–water partition coefficient (Wildman–Crippen LogP) is 4.74. The van der Waals surface area contributed by atoms with Crippen LogP contribution in [0.2, 0.25) is 0 Å². The second-order valence-corrected chi connectivity index (χ2v) is 6.25. The van der Waals surface area contributed by atoms with Gasteiger partial charge in [0.25, 0.3) is 0 Å². The van der Waals surface area contributed by atoms with Crippen LogP contribution in [-0.4, -0.2) is 5.91 Å². The number of hydrogen-bond acceptors (Lipinski definition) is 2. The molecule has 3 heteroatoms. The highest BCUT2D eigenvalue weighted by molar-refractivity contribution is 5.81. The molecule has 0 unspecified atom stereocenters. The first-order chi connectivity index (χ1) is 12.2. The summed E-state index contributed by atoms with van der Waals surface area (Å²) in [5.74, 6) is -0.261. The molecule has 3 nitrogen and oxygen atoms in total. The molecule has 128 valence electrons. The quantitative estimate of drug-likeness (QED) is 0.860. The number of nitrogens with zero attached hydrogens (tertiary/aromatic N) is 1. The molecule has 0 saturated heterocycles. The van der Waals surface area contributed by atoms with Crippen LogP contribution >= 0.6 is 0 Å². The molecule has 1 aliphatic rings. The molecule has 0 fully saturated rings. The maximum Gasteiger partial charge on any atom is 0.217 e. The first kappa shape index (κ1) is 17.0. The van der Waals surface area contributed by atoms with Crippen LogP contribution in [0.25, 0.3) is 12.2 Å². The van der Waals surface area contributed by atoms with Crippen molar-refractivity contribution in [3.8, 4) is 0 Å². The van der Waals surface area contributed by atoms with Crippen LogP contribution < -0.4 is 10.6 Å². The summed E-state index contributed by atoms with van der Waals surface area (Å²) in [7, 11) is 0. The third-order valence-electron chi connectivity index (χ3n) is 4.47. The Morgan fingerprint density at radius 1 is 1.04 bits per heavy atom. The maximum absolute atomic E-state index is 11.3. The van der Waals surface area contributed by atoms with Gasteiger partial charge >= 0.3 is 0 Å². The molecule has 2 N–H and O–H groups in total. The van der Waals surface area contributed by atoms with Gasteiger partial charge in [-0.1, -0.05) is 67.6 Å². The minimum atomic E-state index is -0.261. The number of rotatable bonds is 5. The van der Waals surface area contributed by atoms with Crippen molar-refractivity contribution in [2.45, 2.75) is 32.7 Å². The fourth-order valence-corrected chi connectivity index (χ4v) is 3.24. The summed E-state index contributed by atoms with van der Waals surface area (Å²) in [6.07, 6.45) is 8.49. The molecule has 1 amide bonds. The Bertz CT molecular complexity index is 820. The summed E-state index contributed by atoms with van der Waals surface area (Å²) in [5.41, 5.74) is 11.4. The molecule has 1 aliphatic heterocycles. The molecule has 25 heavy (non-hydrogen) atoms. The van der Waals surface area contributed by atoms with Crippen LogP contribution in [0.5, 0.6) is 0 Å². The normalized spacial score (nSPS) is 14.9. The molecule has 0 spiro atoms. The highest BCUT2D eigenvalue weighted by Gasteiger charge is 2.18. The number of fused-ring (bicyclic) bond motifs is 2. The Kier molecular flexibility index (Phi) is 5.34. The van der Waals surface area contributed by atoms with Gasteiger partial charge in [0.15, 0.2) is 0 Å².